The van der Waals surface area contributed by atoms with Crippen molar-refractivity contribution in [2.24, 2.45) is 0 Å². The first-order chi connectivity index (χ1) is 14.8. The second kappa shape index (κ2) is 8.14. The third-order valence-corrected chi connectivity index (χ3v) is 4.85. The van der Waals surface area contributed by atoms with Gasteiger partial charge in [0, 0.05) is 17.1 Å². The Morgan fingerprint density at radius 2 is 1.81 bits per heavy atom. The number of aromatic nitrogens is 3. The monoisotopic (exact) mass is 422 g/mol. The minimum atomic E-state index is -0.399. The van der Waals surface area contributed by atoms with Crippen molar-refractivity contribution in [2.45, 2.75) is 20.8 Å². The molecule has 0 atom stereocenters. The van der Waals surface area contributed by atoms with Crippen LogP contribution < -0.4 is 10.1 Å². The summed E-state index contributed by atoms with van der Waals surface area (Å²) < 4.78 is 34.1. The average Bonchev–Trinajstić information content (AvgIpc) is 3.05. The quantitative estimate of drug-likeness (QED) is 0.509. The highest BCUT2D eigenvalue weighted by molar-refractivity contribution is 5.92. The van der Waals surface area contributed by atoms with Gasteiger partial charge in [0.2, 0.25) is 5.88 Å². The second-order valence-corrected chi connectivity index (χ2v) is 7.25. The molecule has 1 N–H and O–H groups in total. The van der Waals surface area contributed by atoms with Crippen molar-refractivity contribution in [3.05, 3.63) is 77.0 Å². The van der Waals surface area contributed by atoms with Gasteiger partial charge in [0.1, 0.15) is 11.6 Å². The zero-order valence-electron chi connectivity index (χ0n) is 17.2. The van der Waals surface area contributed by atoms with Gasteiger partial charge in [0.05, 0.1) is 11.4 Å². The molecule has 31 heavy (non-hydrogen) atoms. The molecule has 1 amide bonds. The summed E-state index contributed by atoms with van der Waals surface area (Å²) in [6, 6.07) is 11.9. The topological polar surface area (TPSA) is 69.0 Å². The summed E-state index contributed by atoms with van der Waals surface area (Å²) >= 11 is 0. The first-order valence-corrected chi connectivity index (χ1v) is 9.63. The van der Waals surface area contributed by atoms with E-state index in [-0.39, 0.29) is 24.1 Å². The largest absolute Gasteiger partial charge is 0.467 e. The van der Waals surface area contributed by atoms with E-state index in [0.717, 1.165) is 16.6 Å². The lowest BCUT2D eigenvalue weighted by Gasteiger charge is -2.10. The van der Waals surface area contributed by atoms with E-state index < -0.39 is 5.91 Å². The molecule has 2 aromatic carbocycles. The number of aryl methyl sites for hydroxylation is 3. The number of amides is 1. The Balaban J connectivity index is 1.58. The molecule has 4 rings (SSSR count). The number of ether oxygens (including phenoxy) is 1. The Bertz CT molecular complexity index is 1300. The van der Waals surface area contributed by atoms with Gasteiger partial charge in [-0.3, -0.25) is 4.79 Å². The molecule has 0 saturated carbocycles. The number of fused-ring (bicyclic) bond motifs is 1. The minimum Gasteiger partial charge on any atom is -0.467 e. The third kappa shape index (κ3) is 4.23. The van der Waals surface area contributed by atoms with Crippen LogP contribution in [-0.4, -0.2) is 27.3 Å². The van der Waals surface area contributed by atoms with E-state index in [9.17, 15) is 13.6 Å². The smallest absolute Gasteiger partial charge is 0.262 e. The SMILES string of the molecule is Cc1cc(F)ccc1NC(=O)COc1cc(C)c2c(C)nn(-c3cccc(F)c3)c2n1. The van der Waals surface area contributed by atoms with Crippen LogP contribution in [0.5, 0.6) is 5.88 Å². The highest BCUT2D eigenvalue weighted by atomic mass is 19.1. The van der Waals surface area contributed by atoms with E-state index in [4.69, 9.17) is 4.74 Å². The van der Waals surface area contributed by atoms with Crippen LogP contribution in [0.2, 0.25) is 0 Å². The average molecular weight is 422 g/mol. The van der Waals surface area contributed by atoms with E-state index in [2.05, 4.69) is 15.4 Å². The van der Waals surface area contributed by atoms with Crippen molar-refractivity contribution in [3.63, 3.8) is 0 Å². The molecule has 0 radical (unpaired) electrons. The van der Waals surface area contributed by atoms with Crippen molar-refractivity contribution >= 4 is 22.6 Å². The molecule has 0 aliphatic heterocycles. The lowest BCUT2D eigenvalue weighted by Crippen LogP contribution is -2.21. The van der Waals surface area contributed by atoms with Crippen molar-refractivity contribution in [3.8, 4) is 11.6 Å². The van der Waals surface area contributed by atoms with E-state index in [1.165, 1.54) is 30.3 Å². The van der Waals surface area contributed by atoms with E-state index >= 15 is 0 Å². The van der Waals surface area contributed by atoms with Gasteiger partial charge in [-0.05, 0) is 68.3 Å². The Kier molecular flexibility index (Phi) is 5.37. The second-order valence-electron chi connectivity index (χ2n) is 7.25. The van der Waals surface area contributed by atoms with Crippen molar-refractivity contribution in [1.82, 2.24) is 14.8 Å². The lowest BCUT2D eigenvalue weighted by molar-refractivity contribution is -0.118. The summed E-state index contributed by atoms with van der Waals surface area (Å²) in [7, 11) is 0. The molecule has 0 spiro atoms. The van der Waals surface area contributed by atoms with Gasteiger partial charge >= 0.3 is 0 Å². The van der Waals surface area contributed by atoms with Gasteiger partial charge in [-0.1, -0.05) is 6.07 Å². The predicted molar refractivity (Wildman–Crippen MR) is 114 cm³/mol. The molecule has 0 unspecified atom stereocenters. The number of carbonyl (C=O) groups excluding carboxylic acids is 1. The summed E-state index contributed by atoms with van der Waals surface area (Å²) in [5.41, 5.74) is 3.78. The standard InChI is InChI=1S/C23H20F2N4O2/c1-13-9-17(25)7-8-19(13)26-20(30)12-31-21-10-14(2)22-15(3)28-29(23(22)27-21)18-6-4-5-16(24)11-18/h4-11H,12H2,1-3H3,(H,26,30). The van der Waals surface area contributed by atoms with Crippen molar-refractivity contribution < 1.29 is 18.3 Å². The molecule has 8 heteroatoms. The van der Waals surface area contributed by atoms with Crippen molar-refractivity contribution in [2.75, 3.05) is 11.9 Å². The zero-order chi connectivity index (χ0) is 22.1. The number of nitrogens with one attached hydrogen (secondary N) is 1. The van der Waals surface area contributed by atoms with Gasteiger partial charge in [-0.25, -0.2) is 13.5 Å². The highest BCUT2D eigenvalue weighted by Gasteiger charge is 2.16. The summed E-state index contributed by atoms with van der Waals surface area (Å²) in [6.07, 6.45) is 0. The summed E-state index contributed by atoms with van der Waals surface area (Å²) in [5, 5.41) is 8.02. The maximum atomic E-state index is 13.7. The maximum Gasteiger partial charge on any atom is 0.262 e. The molecule has 4 aromatic rings. The fourth-order valence-electron chi connectivity index (χ4n) is 3.43. The molecule has 158 valence electrons. The number of hydrogen-bond donors (Lipinski definition) is 1. The number of hydrogen-bond acceptors (Lipinski definition) is 4. The van der Waals surface area contributed by atoms with Crippen LogP contribution in [0.1, 0.15) is 16.8 Å². The van der Waals surface area contributed by atoms with Gasteiger partial charge in [-0.2, -0.15) is 10.1 Å². The van der Waals surface area contributed by atoms with Crippen LogP contribution in [0.15, 0.2) is 48.5 Å². The summed E-state index contributed by atoms with van der Waals surface area (Å²) in [6.45, 7) is 5.17. The summed E-state index contributed by atoms with van der Waals surface area (Å²) in [4.78, 5) is 16.8. The molecule has 0 bridgehead atoms. The fraction of sp³-hybridized carbons (Fsp3) is 0.174. The molecule has 0 aliphatic rings. The fourth-order valence-corrected chi connectivity index (χ4v) is 3.43. The molecular weight excluding hydrogens is 402 g/mol. The predicted octanol–water partition coefficient (Wildman–Crippen LogP) is 4.64. The molecule has 0 fully saturated rings. The number of nitrogens with zero attached hydrogens (tertiary/aromatic N) is 3. The lowest BCUT2D eigenvalue weighted by atomic mass is 10.2. The van der Waals surface area contributed by atoms with Gasteiger partial charge in [0.25, 0.3) is 5.91 Å². The summed E-state index contributed by atoms with van der Waals surface area (Å²) in [5.74, 6) is -0.904. The number of pyridine rings is 1. The Hall–Kier alpha value is -3.81. The van der Waals surface area contributed by atoms with Gasteiger partial charge < -0.3 is 10.1 Å². The number of benzene rings is 2. The van der Waals surface area contributed by atoms with Gasteiger partial charge in [-0.15, -0.1) is 0 Å². The Morgan fingerprint density at radius 1 is 1.03 bits per heavy atom. The number of carbonyl (C=O) groups is 1. The van der Waals surface area contributed by atoms with Crippen LogP contribution in [0, 0.1) is 32.4 Å². The third-order valence-electron chi connectivity index (χ3n) is 4.85. The highest BCUT2D eigenvalue weighted by Crippen LogP contribution is 2.27. The Morgan fingerprint density at radius 3 is 2.55 bits per heavy atom. The molecule has 2 heterocycles. The van der Waals surface area contributed by atoms with Crippen LogP contribution in [0.4, 0.5) is 14.5 Å². The molecule has 0 aliphatic carbocycles. The first kappa shape index (κ1) is 20.5. The molecular formula is C23H20F2N4O2. The maximum absolute atomic E-state index is 13.7. The first-order valence-electron chi connectivity index (χ1n) is 9.63. The minimum absolute atomic E-state index is 0.244. The number of rotatable bonds is 5. The number of anilines is 1. The van der Waals surface area contributed by atoms with E-state index in [1.807, 2.05) is 13.8 Å². The van der Waals surface area contributed by atoms with Crippen molar-refractivity contribution in [1.29, 1.82) is 0 Å². The van der Waals surface area contributed by atoms with Crippen LogP contribution in [-0.2, 0) is 4.79 Å². The normalized spacial score (nSPS) is 11.0. The number of halogens is 2. The molecule has 6 nitrogen and oxygen atoms in total. The molecule has 0 saturated heterocycles. The van der Waals surface area contributed by atoms with Crippen LogP contribution >= 0.6 is 0 Å². The van der Waals surface area contributed by atoms with E-state index in [1.54, 1.807) is 29.8 Å². The van der Waals surface area contributed by atoms with E-state index in [0.29, 0.717) is 22.6 Å². The van der Waals surface area contributed by atoms with Crippen LogP contribution in [0.25, 0.3) is 16.7 Å². The van der Waals surface area contributed by atoms with Crippen LogP contribution in [0.3, 0.4) is 0 Å². The molecule has 2 aromatic heterocycles. The van der Waals surface area contributed by atoms with Gasteiger partial charge in [0.15, 0.2) is 12.3 Å². The zero-order valence-corrected chi connectivity index (χ0v) is 17.2. The Labute approximate surface area is 177 Å².